The standard InChI is InChI=1S/C73H142O17P2/c1-6-9-12-15-18-21-23-25-26-27-28-29-30-32-34-38-43-48-53-58-72(77)89-69(63-84-71(76)57-52-47-42-37-33-31-24-22-19-16-13-10-7-2)65-88-92(81,82)86-61-67(74)60-85-91(79,80)87-64-68(62-83-70(75)56-51-46-41-20-17-14-11-8-3)90-73(78)59-54-49-44-39-35-36-40-45-50-55-66(4)5/h66-69,74H,6-65H2,1-5H3,(H,79,80)(H,81,82)/t67-,68+,69+/m0/s1. The quantitative estimate of drug-likeness (QED) is 0.0222. The summed E-state index contributed by atoms with van der Waals surface area (Å²) in [5.74, 6) is -1.38. The lowest BCUT2D eigenvalue weighted by Gasteiger charge is -2.21. The number of phosphoric ester groups is 2. The van der Waals surface area contributed by atoms with Gasteiger partial charge in [0.2, 0.25) is 0 Å². The van der Waals surface area contributed by atoms with Crippen LogP contribution in [0.4, 0.5) is 0 Å². The monoisotopic (exact) mass is 1350 g/mol. The SMILES string of the molecule is CCCCCCCCCCCCCCCCCCCCCC(=O)O[C@H](COC(=O)CCCCCCCCCCCCCCC)COP(=O)(O)OC[C@@H](O)COP(=O)(O)OC[C@@H](COC(=O)CCCCCCCCCC)OC(=O)CCCCCCCCCCCC(C)C. The summed E-state index contributed by atoms with van der Waals surface area (Å²) >= 11 is 0. The first-order valence-corrected chi connectivity index (χ1v) is 41.1. The van der Waals surface area contributed by atoms with Gasteiger partial charge < -0.3 is 33.8 Å². The average Bonchev–Trinajstić information content (AvgIpc) is 2.75. The van der Waals surface area contributed by atoms with Crippen LogP contribution in [-0.4, -0.2) is 96.7 Å². The van der Waals surface area contributed by atoms with E-state index in [1.807, 2.05) is 0 Å². The first-order valence-electron chi connectivity index (χ1n) is 38.1. The molecule has 546 valence electrons. The van der Waals surface area contributed by atoms with E-state index in [1.54, 1.807) is 0 Å². The predicted octanol–water partition coefficient (Wildman–Crippen LogP) is 21.3. The number of unbranched alkanes of at least 4 members (excludes halogenated alkanes) is 45. The fraction of sp³-hybridized carbons (Fsp3) is 0.945. The van der Waals surface area contributed by atoms with Crippen LogP contribution < -0.4 is 0 Å². The number of hydrogen-bond acceptors (Lipinski definition) is 15. The van der Waals surface area contributed by atoms with Crippen molar-refractivity contribution in [3.05, 3.63) is 0 Å². The van der Waals surface area contributed by atoms with Gasteiger partial charge in [0.25, 0.3) is 0 Å². The third kappa shape index (κ3) is 66.7. The maximum absolute atomic E-state index is 13.1. The number of phosphoric acid groups is 2. The van der Waals surface area contributed by atoms with Gasteiger partial charge in [-0.1, -0.05) is 330 Å². The molecule has 92 heavy (non-hydrogen) atoms. The molecule has 0 amide bonds. The number of aliphatic hydroxyl groups is 1. The highest BCUT2D eigenvalue weighted by molar-refractivity contribution is 7.47. The minimum absolute atomic E-state index is 0.105. The molecule has 0 aromatic carbocycles. The fourth-order valence-electron chi connectivity index (χ4n) is 11.2. The number of esters is 4. The Morgan fingerprint density at radius 1 is 0.293 bits per heavy atom. The van der Waals surface area contributed by atoms with Crippen molar-refractivity contribution < 1.29 is 80.2 Å². The predicted molar refractivity (Wildman–Crippen MR) is 372 cm³/mol. The second kappa shape index (κ2) is 66.3. The van der Waals surface area contributed by atoms with E-state index >= 15 is 0 Å². The molecule has 0 heterocycles. The number of rotatable bonds is 73. The van der Waals surface area contributed by atoms with Crippen LogP contribution in [0.25, 0.3) is 0 Å². The second-order valence-electron chi connectivity index (χ2n) is 26.8. The largest absolute Gasteiger partial charge is 0.472 e. The molecule has 0 aliphatic carbocycles. The van der Waals surface area contributed by atoms with Crippen molar-refractivity contribution >= 4 is 39.5 Å². The average molecular weight is 1350 g/mol. The van der Waals surface area contributed by atoms with Crippen LogP contribution in [0.2, 0.25) is 0 Å². The Balaban J connectivity index is 5.19. The van der Waals surface area contributed by atoms with Gasteiger partial charge in [-0.15, -0.1) is 0 Å². The molecule has 0 aliphatic rings. The molecule has 17 nitrogen and oxygen atoms in total. The lowest BCUT2D eigenvalue weighted by atomic mass is 10.0. The highest BCUT2D eigenvalue weighted by atomic mass is 31.2. The smallest absolute Gasteiger partial charge is 0.462 e. The van der Waals surface area contributed by atoms with Gasteiger partial charge in [-0.25, -0.2) is 9.13 Å². The summed E-state index contributed by atoms with van der Waals surface area (Å²) in [4.78, 5) is 72.6. The van der Waals surface area contributed by atoms with Gasteiger partial charge in [0.1, 0.15) is 19.3 Å². The van der Waals surface area contributed by atoms with Crippen LogP contribution in [0, 0.1) is 5.92 Å². The number of hydrogen-bond donors (Lipinski definition) is 3. The van der Waals surface area contributed by atoms with Crippen LogP contribution >= 0.6 is 15.6 Å². The molecule has 0 aliphatic heterocycles. The Hall–Kier alpha value is -1.94. The summed E-state index contributed by atoms with van der Waals surface area (Å²) in [7, 11) is -9.90. The topological polar surface area (TPSA) is 237 Å². The molecule has 0 aromatic rings. The second-order valence-corrected chi connectivity index (χ2v) is 29.7. The van der Waals surface area contributed by atoms with E-state index in [9.17, 15) is 43.2 Å². The number of aliphatic hydroxyl groups excluding tert-OH is 1. The molecule has 3 N–H and O–H groups in total. The summed E-state index contributed by atoms with van der Waals surface area (Å²) in [6.07, 6.45) is 54.2. The van der Waals surface area contributed by atoms with Crippen molar-refractivity contribution in [2.24, 2.45) is 5.92 Å². The van der Waals surface area contributed by atoms with Gasteiger partial charge in [0.05, 0.1) is 26.4 Å². The van der Waals surface area contributed by atoms with E-state index in [4.69, 9.17) is 37.0 Å². The van der Waals surface area contributed by atoms with Gasteiger partial charge in [0.15, 0.2) is 12.2 Å². The molecule has 0 spiro atoms. The van der Waals surface area contributed by atoms with E-state index < -0.39 is 97.5 Å². The van der Waals surface area contributed by atoms with E-state index in [1.165, 1.54) is 199 Å². The minimum atomic E-state index is -4.95. The maximum atomic E-state index is 13.1. The van der Waals surface area contributed by atoms with E-state index in [-0.39, 0.29) is 25.7 Å². The van der Waals surface area contributed by atoms with E-state index in [0.717, 1.165) is 102 Å². The van der Waals surface area contributed by atoms with Crippen molar-refractivity contribution in [1.29, 1.82) is 0 Å². The Labute approximate surface area is 562 Å². The minimum Gasteiger partial charge on any atom is -0.462 e. The van der Waals surface area contributed by atoms with E-state index in [0.29, 0.717) is 25.7 Å². The van der Waals surface area contributed by atoms with Crippen LogP contribution in [0.5, 0.6) is 0 Å². The van der Waals surface area contributed by atoms with Gasteiger partial charge >= 0.3 is 39.5 Å². The highest BCUT2D eigenvalue weighted by Gasteiger charge is 2.30. The number of carbonyl (C=O) groups excluding carboxylic acids is 4. The van der Waals surface area contributed by atoms with Gasteiger partial charge in [0, 0.05) is 25.7 Å². The van der Waals surface area contributed by atoms with Crippen molar-refractivity contribution in [3.8, 4) is 0 Å². The molecule has 2 unspecified atom stereocenters. The molecule has 0 fully saturated rings. The van der Waals surface area contributed by atoms with Gasteiger partial charge in [-0.05, 0) is 31.6 Å². The third-order valence-corrected chi connectivity index (χ3v) is 18.9. The first kappa shape index (κ1) is 90.1. The van der Waals surface area contributed by atoms with Gasteiger partial charge in [-0.3, -0.25) is 37.3 Å². The van der Waals surface area contributed by atoms with Crippen LogP contribution in [0.1, 0.15) is 381 Å². The highest BCUT2D eigenvalue weighted by Crippen LogP contribution is 2.45. The normalized spacial score (nSPS) is 14.0. The molecule has 0 aromatic heterocycles. The molecule has 0 radical (unpaired) electrons. The third-order valence-electron chi connectivity index (χ3n) is 17.0. The van der Waals surface area contributed by atoms with Crippen LogP contribution in [0.15, 0.2) is 0 Å². The Morgan fingerprint density at radius 3 is 0.739 bits per heavy atom. The molecule has 0 saturated carbocycles. The van der Waals surface area contributed by atoms with Gasteiger partial charge in [-0.2, -0.15) is 0 Å². The Morgan fingerprint density at radius 2 is 0.500 bits per heavy atom. The number of carbonyl (C=O) groups is 4. The Kier molecular flexibility index (Phi) is 64.9. The molecule has 0 rings (SSSR count). The lowest BCUT2D eigenvalue weighted by molar-refractivity contribution is -0.161. The summed E-state index contributed by atoms with van der Waals surface area (Å²) in [5, 5.41) is 10.6. The maximum Gasteiger partial charge on any atom is 0.472 e. The fourth-order valence-corrected chi connectivity index (χ4v) is 12.8. The Bertz CT molecular complexity index is 1770. The van der Waals surface area contributed by atoms with Crippen molar-refractivity contribution in [3.63, 3.8) is 0 Å². The first-order chi connectivity index (χ1) is 44.5. The zero-order valence-corrected chi connectivity index (χ0v) is 61.5. The lowest BCUT2D eigenvalue weighted by Crippen LogP contribution is -2.30. The molecule has 19 heteroatoms. The molecule has 0 bridgehead atoms. The molecular formula is C73H142O17P2. The van der Waals surface area contributed by atoms with Crippen molar-refractivity contribution in [2.75, 3.05) is 39.6 Å². The zero-order valence-electron chi connectivity index (χ0n) is 59.7. The molecular weight excluding hydrogens is 1210 g/mol. The summed E-state index contributed by atoms with van der Waals surface area (Å²) in [6, 6.07) is 0. The summed E-state index contributed by atoms with van der Waals surface area (Å²) in [5.41, 5.74) is 0. The van der Waals surface area contributed by atoms with E-state index in [2.05, 4.69) is 34.6 Å². The summed E-state index contributed by atoms with van der Waals surface area (Å²) < 4.78 is 68.3. The zero-order chi connectivity index (χ0) is 67.7. The molecule has 0 saturated heterocycles. The van der Waals surface area contributed by atoms with Crippen LogP contribution in [0.3, 0.4) is 0 Å². The number of ether oxygens (including phenoxy) is 4. The van der Waals surface area contributed by atoms with Crippen molar-refractivity contribution in [2.45, 2.75) is 400 Å². The summed E-state index contributed by atoms with van der Waals surface area (Å²) in [6.45, 7) is 7.22. The molecule has 5 atom stereocenters. The van der Waals surface area contributed by atoms with Crippen molar-refractivity contribution in [1.82, 2.24) is 0 Å². The van der Waals surface area contributed by atoms with Crippen LogP contribution in [-0.2, 0) is 65.4 Å².